The van der Waals surface area contributed by atoms with Gasteiger partial charge in [0.15, 0.2) is 0 Å². The van der Waals surface area contributed by atoms with Crippen molar-refractivity contribution in [1.82, 2.24) is 5.32 Å². The summed E-state index contributed by atoms with van der Waals surface area (Å²) in [5, 5.41) is 12.2. The maximum atomic E-state index is 12.2. The number of rotatable bonds is 3. The largest absolute Gasteiger partial charge is 0.481 e. The van der Waals surface area contributed by atoms with Crippen molar-refractivity contribution >= 4 is 11.9 Å². The number of carboxylic acids is 1. The van der Waals surface area contributed by atoms with E-state index in [4.69, 9.17) is 5.11 Å². The summed E-state index contributed by atoms with van der Waals surface area (Å²) in [6, 6.07) is 0.327. The summed E-state index contributed by atoms with van der Waals surface area (Å²) < 4.78 is 0. The lowest BCUT2D eigenvalue weighted by Gasteiger charge is -2.35. The lowest BCUT2D eigenvalue weighted by Crippen LogP contribution is -2.43. The average molecular weight is 342 g/mol. The molecule has 2 rings (SSSR count). The molecule has 4 nitrogen and oxygen atoms in total. The summed E-state index contributed by atoms with van der Waals surface area (Å²) in [4.78, 5) is 23.2. The number of nitrogens with one attached hydrogen (secondary N) is 1. The first-order chi connectivity index (χ1) is 11.4. The normalized spacial score (nSPS) is 26.1. The van der Waals surface area contributed by atoms with Crippen molar-refractivity contribution in [2.75, 3.05) is 0 Å². The predicted molar refractivity (Wildman–Crippen MR) is 100.0 cm³/mol. The lowest BCUT2D eigenvalue weighted by molar-refractivity contribution is -0.144. The molecule has 142 valence electrons. The van der Waals surface area contributed by atoms with Gasteiger partial charge >= 0.3 is 5.97 Å². The van der Waals surface area contributed by atoms with Gasteiger partial charge in [0.2, 0.25) is 5.91 Å². The second kappa shape index (κ2) is 11.5. The van der Waals surface area contributed by atoms with Gasteiger partial charge in [-0.3, -0.25) is 9.59 Å². The molecule has 2 fully saturated rings. The minimum absolute atomic E-state index is 0.0283. The van der Waals surface area contributed by atoms with Crippen molar-refractivity contribution in [3.8, 4) is 0 Å². The Balaban J connectivity index is 0.00000123. The Morgan fingerprint density at radius 2 is 1.25 bits per heavy atom. The Bertz CT molecular complexity index is 361. The number of aliphatic carboxylic acids is 1. The number of hydrogen-bond donors (Lipinski definition) is 2. The summed E-state index contributed by atoms with van der Waals surface area (Å²) in [5.41, 5.74) is 0.417. The van der Waals surface area contributed by atoms with Crippen molar-refractivity contribution < 1.29 is 14.7 Å². The van der Waals surface area contributed by atoms with E-state index < -0.39 is 5.97 Å². The SMILES string of the molecule is CC.CC.CC1(C)CCC(NC(=O)C2CCC(C(=O)O)CC2)CC1. The Kier molecular flexibility index (Phi) is 11.0. The van der Waals surface area contributed by atoms with Crippen LogP contribution in [0.4, 0.5) is 0 Å². The van der Waals surface area contributed by atoms with E-state index in [1.165, 1.54) is 12.8 Å². The molecule has 0 atom stereocenters. The van der Waals surface area contributed by atoms with Crippen LogP contribution in [-0.4, -0.2) is 23.0 Å². The second-order valence-corrected chi connectivity index (χ2v) is 7.33. The van der Waals surface area contributed by atoms with Crippen LogP contribution in [0.3, 0.4) is 0 Å². The fourth-order valence-electron chi connectivity index (χ4n) is 3.47. The van der Waals surface area contributed by atoms with Gasteiger partial charge < -0.3 is 10.4 Å². The summed E-state index contributed by atoms with van der Waals surface area (Å²) in [6.07, 6.45) is 7.22. The molecule has 2 saturated carbocycles. The zero-order chi connectivity index (χ0) is 18.8. The van der Waals surface area contributed by atoms with Gasteiger partial charge in [-0.25, -0.2) is 0 Å². The number of carbonyl (C=O) groups excluding carboxylic acids is 1. The fourth-order valence-corrected chi connectivity index (χ4v) is 3.47. The second-order valence-electron chi connectivity index (χ2n) is 7.33. The monoisotopic (exact) mass is 341 g/mol. The summed E-state index contributed by atoms with van der Waals surface area (Å²) in [5.74, 6) is -0.771. The molecule has 0 radical (unpaired) electrons. The highest BCUT2D eigenvalue weighted by atomic mass is 16.4. The molecule has 0 unspecified atom stereocenters. The number of carbonyl (C=O) groups is 2. The van der Waals surface area contributed by atoms with Crippen molar-refractivity contribution in [3.05, 3.63) is 0 Å². The minimum atomic E-state index is -0.710. The van der Waals surface area contributed by atoms with Crippen LogP contribution in [0.1, 0.15) is 92.9 Å². The molecule has 0 saturated heterocycles. The molecule has 2 N–H and O–H groups in total. The molecule has 0 aromatic carbocycles. The highest BCUT2D eigenvalue weighted by Crippen LogP contribution is 2.35. The van der Waals surface area contributed by atoms with Crippen LogP contribution in [0.2, 0.25) is 0 Å². The average Bonchev–Trinajstić information content (AvgIpc) is 2.60. The molecule has 2 aliphatic carbocycles. The maximum absolute atomic E-state index is 12.2. The molecule has 4 heteroatoms. The van der Waals surface area contributed by atoms with Gasteiger partial charge in [0.25, 0.3) is 0 Å². The first-order valence-corrected chi connectivity index (χ1v) is 9.90. The highest BCUT2D eigenvalue weighted by Gasteiger charge is 2.32. The third-order valence-corrected chi connectivity index (χ3v) is 5.13. The van der Waals surface area contributed by atoms with Crippen LogP contribution >= 0.6 is 0 Å². The first-order valence-electron chi connectivity index (χ1n) is 9.90. The van der Waals surface area contributed by atoms with Gasteiger partial charge in [0.05, 0.1) is 5.92 Å². The molecule has 1 amide bonds. The highest BCUT2D eigenvalue weighted by molar-refractivity contribution is 5.79. The molecule has 0 aromatic rings. The van der Waals surface area contributed by atoms with Crippen LogP contribution in [-0.2, 0) is 9.59 Å². The molecule has 24 heavy (non-hydrogen) atoms. The summed E-state index contributed by atoms with van der Waals surface area (Å²) in [6.45, 7) is 12.6. The van der Waals surface area contributed by atoms with E-state index in [2.05, 4.69) is 19.2 Å². The predicted octanol–water partition coefficient (Wildman–Crippen LogP) is 5.01. The van der Waals surface area contributed by atoms with Crippen LogP contribution in [0.25, 0.3) is 0 Å². The van der Waals surface area contributed by atoms with Crippen molar-refractivity contribution in [1.29, 1.82) is 0 Å². The molecule has 0 aliphatic heterocycles. The van der Waals surface area contributed by atoms with E-state index in [1.54, 1.807) is 0 Å². The van der Waals surface area contributed by atoms with E-state index in [-0.39, 0.29) is 17.7 Å². The van der Waals surface area contributed by atoms with Gasteiger partial charge in [-0.15, -0.1) is 0 Å². The zero-order valence-electron chi connectivity index (χ0n) is 16.7. The number of hydrogen-bond acceptors (Lipinski definition) is 2. The number of amides is 1. The Labute approximate surface area is 148 Å². The molecule has 0 heterocycles. The van der Waals surface area contributed by atoms with Gasteiger partial charge in [-0.05, 0) is 56.8 Å². The van der Waals surface area contributed by atoms with E-state index in [0.717, 1.165) is 25.7 Å². The Hall–Kier alpha value is -1.06. The molecular weight excluding hydrogens is 302 g/mol. The lowest BCUT2D eigenvalue weighted by atomic mass is 9.75. The van der Waals surface area contributed by atoms with Gasteiger partial charge in [-0.1, -0.05) is 41.5 Å². The molecule has 0 spiro atoms. The van der Waals surface area contributed by atoms with Gasteiger partial charge in [0, 0.05) is 12.0 Å². The first kappa shape index (κ1) is 22.9. The van der Waals surface area contributed by atoms with E-state index in [9.17, 15) is 9.59 Å². The van der Waals surface area contributed by atoms with E-state index in [1.807, 2.05) is 27.7 Å². The summed E-state index contributed by atoms with van der Waals surface area (Å²) in [7, 11) is 0. The zero-order valence-corrected chi connectivity index (χ0v) is 16.7. The standard InChI is InChI=1S/C16H27NO3.2C2H6/c1-16(2)9-7-13(8-10-16)17-14(18)11-3-5-12(6-4-11)15(19)20;2*1-2/h11-13H,3-10H2,1-2H3,(H,17,18)(H,19,20);2*1-2H3. The number of carboxylic acid groups (broad SMARTS) is 1. The van der Waals surface area contributed by atoms with Crippen molar-refractivity contribution in [3.63, 3.8) is 0 Å². The minimum Gasteiger partial charge on any atom is -0.481 e. The van der Waals surface area contributed by atoms with Crippen LogP contribution in [0.5, 0.6) is 0 Å². The van der Waals surface area contributed by atoms with Crippen molar-refractivity contribution in [2.45, 2.75) is 99.0 Å². The molecular formula is C20H39NO3. The third kappa shape index (κ3) is 7.67. The Morgan fingerprint density at radius 3 is 1.67 bits per heavy atom. The molecule has 2 aliphatic rings. The van der Waals surface area contributed by atoms with E-state index in [0.29, 0.717) is 24.3 Å². The Morgan fingerprint density at radius 1 is 0.833 bits per heavy atom. The van der Waals surface area contributed by atoms with E-state index >= 15 is 0 Å². The van der Waals surface area contributed by atoms with Crippen LogP contribution in [0.15, 0.2) is 0 Å². The summed E-state index contributed by atoms with van der Waals surface area (Å²) >= 11 is 0. The van der Waals surface area contributed by atoms with Gasteiger partial charge in [0.1, 0.15) is 0 Å². The maximum Gasteiger partial charge on any atom is 0.306 e. The fraction of sp³-hybridized carbons (Fsp3) is 0.900. The van der Waals surface area contributed by atoms with Gasteiger partial charge in [-0.2, -0.15) is 0 Å². The van der Waals surface area contributed by atoms with Crippen molar-refractivity contribution in [2.24, 2.45) is 17.3 Å². The quantitative estimate of drug-likeness (QED) is 0.758. The topological polar surface area (TPSA) is 66.4 Å². The smallest absolute Gasteiger partial charge is 0.306 e. The molecule has 0 aromatic heterocycles. The van der Waals surface area contributed by atoms with Crippen LogP contribution < -0.4 is 5.32 Å². The third-order valence-electron chi connectivity index (χ3n) is 5.13. The molecule has 0 bridgehead atoms. The van der Waals surface area contributed by atoms with Crippen LogP contribution in [0, 0.1) is 17.3 Å².